The fourth-order valence-corrected chi connectivity index (χ4v) is 3.07. The van der Waals surface area contributed by atoms with Gasteiger partial charge in [0, 0.05) is 11.6 Å². The maximum atomic E-state index is 12.1. The number of carbonyl (C=O) groups is 1. The summed E-state index contributed by atoms with van der Waals surface area (Å²) in [5.41, 5.74) is 0.405. The van der Waals surface area contributed by atoms with Gasteiger partial charge in [-0.2, -0.15) is 0 Å². The van der Waals surface area contributed by atoms with Gasteiger partial charge in [-0.25, -0.2) is 13.1 Å². The summed E-state index contributed by atoms with van der Waals surface area (Å²) in [4.78, 5) is 11.4. The Morgan fingerprint density at radius 1 is 1.28 bits per heavy atom. The van der Waals surface area contributed by atoms with Crippen LogP contribution in [0.25, 0.3) is 0 Å². The van der Waals surface area contributed by atoms with E-state index in [9.17, 15) is 13.2 Å². The summed E-state index contributed by atoms with van der Waals surface area (Å²) in [5.74, 6) is -0.144. The van der Waals surface area contributed by atoms with Gasteiger partial charge >= 0.3 is 0 Å². The molecule has 0 fully saturated rings. The number of benzene rings is 1. The second-order valence-electron chi connectivity index (χ2n) is 4.22. The maximum absolute atomic E-state index is 12.1. The number of carbonyl (C=O) groups excluding carboxylic acids is 1. The lowest BCUT2D eigenvalue weighted by molar-refractivity contribution is 0.101. The van der Waals surface area contributed by atoms with Gasteiger partial charge in [-0.05, 0) is 31.9 Å². The van der Waals surface area contributed by atoms with Gasteiger partial charge < -0.3 is 0 Å². The van der Waals surface area contributed by atoms with Crippen LogP contribution in [0, 0.1) is 0 Å². The van der Waals surface area contributed by atoms with Gasteiger partial charge in [0.05, 0.1) is 4.90 Å². The number of Topliss-reactive ketones (excluding diaryl/α,β-unsaturated/α-hetero) is 1. The third kappa shape index (κ3) is 3.65. The second kappa shape index (κ2) is 6.11. The summed E-state index contributed by atoms with van der Waals surface area (Å²) >= 11 is 0. The highest BCUT2D eigenvalue weighted by molar-refractivity contribution is 7.89. The SMILES string of the molecule is CCC(CC)NS(=O)(=O)c1cccc(C(C)=O)c1. The summed E-state index contributed by atoms with van der Waals surface area (Å²) in [7, 11) is -3.54. The smallest absolute Gasteiger partial charge is 0.240 e. The molecule has 0 unspecified atom stereocenters. The first-order valence-electron chi connectivity index (χ1n) is 6.04. The average Bonchev–Trinajstić information content (AvgIpc) is 2.36. The molecule has 4 nitrogen and oxygen atoms in total. The fourth-order valence-electron chi connectivity index (χ4n) is 1.63. The van der Waals surface area contributed by atoms with Gasteiger partial charge in [-0.15, -0.1) is 0 Å². The Morgan fingerprint density at radius 3 is 2.39 bits per heavy atom. The number of hydrogen-bond acceptors (Lipinski definition) is 3. The quantitative estimate of drug-likeness (QED) is 0.806. The highest BCUT2D eigenvalue weighted by Crippen LogP contribution is 2.13. The molecule has 100 valence electrons. The number of ketones is 1. The van der Waals surface area contributed by atoms with Crippen molar-refractivity contribution in [2.24, 2.45) is 0 Å². The Bertz CT molecular complexity index is 519. The lowest BCUT2D eigenvalue weighted by Crippen LogP contribution is -2.33. The van der Waals surface area contributed by atoms with Gasteiger partial charge in [-0.1, -0.05) is 26.0 Å². The van der Waals surface area contributed by atoms with E-state index in [1.165, 1.54) is 19.1 Å². The molecule has 0 aromatic heterocycles. The molecule has 0 aliphatic heterocycles. The van der Waals surface area contributed by atoms with Crippen molar-refractivity contribution in [3.05, 3.63) is 29.8 Å². The van der Waals surface area contributed by atoms with Crippen molar-refractivity contribution in [1.82, 2.24) is 4.72 Å². The molecule has 0 heterocycles. The first-order valence-corrected chi connectivity index (χ1v) is 7.52. The minimum absolute atomic E-state index is 0.0732. The highest BCUT2D eigenvalue weighted by Gasteiger charge is 2.18. The van der Waals surface area contributed by atoms with E-state index in [1.807, 2.05) is 13.8 Å². The van der Waals surface area contributed by atoms with E-state index in [1.54, 1.807) is 12.1 Å². The van der Waals surface area contributed by atoms with Crippen molar-refractivity contribution in [1.29, 1.82) is 0 Å². The zero-order valence-corrected chi connectivity index (χ0v) is 11.8. The Labute approximate surface area is 108 Å². The molecule has 5 heteroatoms. The van der Waals surface area contributed by atoms with E-state index in [2.05, 4.69) is 4.72 Å². The molecule has 18 heavy (non-hydrogen) atoms. The summed E-state index contributed by atoms with van der Waals surface area (Å²) in [6.45, 7) is 5.28. The van der Waals surface area contributed by atoms with Crippen LogP contribution in [-0.4, -0.2) is 20.2 Å². The molecule has 1 aromatic carbocycles. The topological polar surface area (TPSA) is 63.2 Å². The first kappa shape index (κ1) is 14.9. The molecule has 0 aliphatic carbocycles. The second-order valence-corrected chi connectivity index (χ2v) is 5.93. The fraction of sp³-hybridized carbons (Fsp3) is 0.462. The predicted molar refractivity (Wildman–Crippen MR) is 71.1 cm³/mol. The van der Waals surface area contributed by atoms with Crippen molar-refractivity contribution in [2.45, 2.75) is 44.6 Å². The van der Waals surface area contributed by atoms with Gasteiger partial charge in [0.15, 0.2) is 5.78 Å². The molecule has 1 rings (SSSR count). The van der Waals surface area contributed by atoms with Crippen LogP contribution in [0.15, 0.2) is 29.2 Å². The molecule has 0 saturated heterocycles. The van der Waals surface area contributed by atoms with Crippen LogP contribution in [0.5, 0.6) is 0 Å². The molecular weight excluding hydrogens is 250 g/mol. The van der Waals surface area contributed by atoms with Crippen molar-refractivity contribution in [2.75, 3.05) is 0 Å². The molecule has 1 aromatic rings. The van der Waals surface area contributed by atoms with Gasteiger partial charge in [0.2, 0.25) is 10.0 Å². The lowest BCUT2D eigenvalue weighted by Gasteiger charge is -2.15. The van der Waals surface area contributed by atoms with Crippen LogP contribution >= 0.6 is 0 Å². The minimum Gasteiger partial charge on any atom is -0.295 e. The van der Waals surface area contributed by atoms with Crippen LogP contribution in [0.4, 0.5) is 0 Å². The average molecular weight is 269 g/mol. The van der Waals surface area contributed by atoms with Crippen LogP contribution in [0.3, 0.4) is 0 Å². The highest BCUT2D eigenvalue weighted by atomic mass is 32.2. The molecular formula is C13H19NO3S. The Kier molecular flexibility index (Phi) is 5.04. The van der Waals surface area contributed by atoms with Gasteiger partial charge in [0.1, 0.15) is 0 Å². The van der Waals surface area contributed by atoms with Gasteiger partial charge in [0.25, 0.3) is 0 Å². The number of sulfonamides is 1. The van der Waals surface area contributed by atoms with E-state index in [-0.39, 0.29) is 16.7 Å². The molecule has 0 spiro atoms. The van der Waals surface area contributed by atoms with Crippen molar-refractivity contribution < 1.29 is 13.2 Å². The van der Waals surface area contributed by atoms with Crippen LogP contribution in [0.1, 0.15) is 44.0 Å². The molecule has 0 saturated carbocycles. The third-order valence-electron chi connectivity index (χ3n) is 2.86. The molecule has 1 N–H and O–H groups in total. The number of rotatable bonds is 6. The monoisotopic (exact) mass is 269 g/mol. The summed E-state index contributed by atoms with van der Waals surface area (Å²) in [6, 6.07) is 6.02. The summed E-state index contributed by atoms with van der Waals surface area (Å²) in [5, 5.41) is 0. The van der Waals surface area contributed by atoms with Crippen LogP contribution < -0.4 is 4.72 Å². The van der Waals surface area contributed by atoms with E-state index < -0.39 is 10.0 Å². The van der Waals surface area contributed by atoms with E-state index in [0.717, 1.165) is 12.8 Å². The molecule has 0 bridgehead atoms. The molecule has 0 amide bonds. The van der Waals surface area contributed by atoms with Crippen molar-refractivity contribution >= 4 is 15.8 Å². The standard InChI is InChI=1S/C13H19NO3S/c1-4-12(5-2)14-18(16,17)13-8-6-7-11(9-13)10(3)15/h6-9,12,14H,4-5H2,1-3H3. The Hall–Kier alpha value is -1.20. The third-order valence-corrected chi connectivity index (χ3v) is 4.38. The molecule has 0 atom stereocenters. The van der Waals surface area contributed by atoms with Crippen LogP contribution in [-0.2, 0) is 10.0 Å². The van der Waals surface area contributed by atoms with E-state index in [4.69, 9.17) is 0 Å². The minimum atomic E-state index is -3.54. The zero-order chi connectivity index (χ0) is 13.8. The zero-order valence-electron chi connectivity index (χ0n) is 10.9. The molecule has 0 radical (unpaired) electrons. The maximum Gasteiger partial charge on any atom is 0.240 e. The van der Waals surface area contributed by atoms with Crippen LogP contribution in [0.2, 0.25) is 0 Å². The first-order chi connectivity index (χ1) is 8.40. The number of nitrogens with one attached hydrogen (secondary N) is 1. The number of hydrogen-bond donors (Lipinski definition) is 1. The van der Waals surface area contributed by atoms with E-state index >= 15 is 0 Å². The van der Waals surface area contributed by atoms with E-state index in [0.29, 0.717) is 5.56 Å². The van der Waals surface area contributed by atoms with Crippen molar-refractivity contribution in [3.8, 4) is 0 Å². The normalized spacial score (nSPS) is 11.8. The largest absolute Gasteiger partial charge is 0.295 e. The van der Waals surface area contributed by atoms with Crippen molar-refractivity contribution in [3.63, 3.8) is 0 Å². The Balaban J connectivity index is 3.05. The summed E-state index contributed by atoms with van der Waals surface area (Å²) in [6.07, 6.45) is 1.48. The molecule has 0 aliphatic rings. The van der Waals surface area contributed by atoms with Gasteiger partial charge in [-0.3, -0.25) is 4.79 Å². The Morgan fingerprint density at radius 2 is 1.89 bits per heavy atom. The predicted octanol–water partition coefficient (Wildman–Crippen LogP) is 2.36. The summed E-state index contributed by atoms with van der Waals surface area (Å²) < 4.78 is 26.9. The lowest BCUT2D eigenvalue weighted by atomic mass is 10.2.